The van der Waals surface area contributed by atoms with Gasteiger partial charge in [-0.05, 0) is 67.2 Å². The van der Waals surface area contributed by atoms with Gasteiger partial charge in [0.2, 0.25) is 0 Å². The van der Waals surface area contributed by atoms with Crippen LogP contribution >= 0.6 is 12.2 Å². The lowest BCUT2D eigenvalue weighted by atomic mass is 10.1. The fourth-order valence-electron chi connectivity index (χ4n) is 1.99. The van der Waals surface area contributed by atoms with E-state index in [9.17, 15) is 0 Å². The minimum Gasteiger partial charge on any atom is -0.494 e. The summed E-state index contributed by atoms with van der Waals surface area (Å²) >= 11 is 4.58. The van der Waals surface area contributed by atoms with Crippen LogP contribution in [-0.2, 0) is 0 Å². The maximum Gasteiger partial charge on any atom is 0.119 e. The van der Waals surface area contributed by atoms with Crippen LogP contribution in [0.4, 0.5) is 5.69 Å². The van der Waals surface area contributed by atoms with Crippen molar-refractivity contribution >= 4 is 23.1 Å². The highest BCUT2D eigenvalue weighted by atomic mass is 32.1. The Balaban J connectivity index is 1.94. The van der Waals surface area contributed by atoms with Crippen LogP contribution in [0.2, 0.25) is 0 Å². The molecule has 0 saturated carbocycles. The monoisotopic (exact) mass is 321 g/mol. The van der Waals surface area contributed by atoms with Gasteiger partial charge in [0.05, 0.1) is 17.5 Å². The van der Waals surface area contributed by atoms with Crippen molar-refractivity contribution in [3.63, 3.8) is 0 Å². The van der Waals surface area contributed by atoms with Crippen LogP contribution in [0.1, 0.15) is 37.3 Å². The molecule has 0 saturated heterocycles. The number of ether oxygens (including phenoxy) is 1. The van der Waals surface area contributed by atoms with E-state index in [0.29, 0.717) is 0 Å². The molecule has 2 aromatic rings. The number of thiocarbonyl (C=S) groups is 1. The predicted molar refractivity (Wildman–Crippen MR) is 98.6 cm³/mol. The summed E-state index contributed by atoms with van der Waals surface area (Å²) in [4.78, 5) is 3.91. The Morgan fingerprint density at radius 2 is 1.52 bits per heavy atom. The van der Waals surface area contributed by atoms with Crippen molar-refractivity contribution in [1.82, 2.24) is 0 Å². The van der Waals surface area contributed by atoms with Crippen LogP contribution in [0.5, 0.6) is 5.75 Å². The zero-order valence-electron chi connectivity index (χ0n) is 13.2. The molecular weight excluding hydrogens is 302 g/mol. The second-order valence-electron chi connectivity index (χ2n) is 5.08. The lowest BCUT2D eigenvalue weighted by Gasteiger charge is -2.05. The Morgan fingerprint density at radius 3 is 2.09 bits per heavy atom. The average Bonchev–Trinajstić information content (AvgIpc) is 2.59. The number of nitrogens with zero attached hydrogens (tertiary/aromatic N) is 1. The highest BCUT2D eigenvalue weighted by molar-refractivity contribution is 7.78. The normalized spacial score (nSPS) is 9.43. The first-order chi connectivity index (χ1) is 11.3. The van der Waals surface area contributed by atoms with Gasteiger partial charge in [-0.25, -0.2) is 0 Å². The molecule has 2 rings (SSSR count). The van der Waals surface area contributed by atoms with Crippen molar-refractivity contribution in [3.05, 3.63) is 59.7 Å². The third-order valence-corrected chi connectivity index (χ3v) is 3.36. The number of rotatable bonds is 6. The van der Waals surface area contributed by atoms with Gasteiger partial charge in [-0.1, -0.05) is 31.6 Å². The molecular formula is C20H19NOS. The number of isothiocyanates is 1. The molecule has 0 bridgehead atoms. The van der Waals surface area contributed by atoms with E-state index < -0.39 is 0 Å². The average molecular weight is 321 g/mol. The molecule has 0 aliphatic carbocycles. The zero-order valence-corrected chi connectivity index (χ0v) is 14.0. The number of benzene rings is 2. The molecule has 0 fully saturated rings. The Kier molecular flexibility index (Phi) is 7.07. The molecule has 0 aliphatic heterocycles. The number of unbranched alkanes of at least 4 members (excludes halogenated alkanes) is 2. The van der Waals surface area contributed by atoms with E-state index in [1.807, 2.05) is 48.5 Å². The summed E-state index contributed by atoms with van der Waals surface area (Å²) in [5, 5.41) is 2.35. The van der Waals surface area contributed by atoms with E-state index in [1.165, 1.54) is 12.8 Å². The second-order valence-corrected chi connectivity index (χ2v) is 5.26. The number of hydrogen-bond acceptors (Lipinski definition) is 3. The van der Waals surface area contributed by atoms with Crippen LogP contribution in [-0.4, -0.2) is 11.8 Å². The molecule has 2 aromatic carbocycles. The van der Waals surface area contributed by atoms with Gasteiger partial charge < -0.3 is 4.74 Å². The molecule has 3 heteroatoms. The quantitative estimate of drug-likeness (QED) is 0.308. The van der Waals surface area contributed by atoms with Gasteiger partial charge in [-0.2, -0.15) is 4.99 Å². The Bertz CT molecular complexity index is 717. The maximum absolute atomic E-state index is 5.69. The van der Waals surface area contributed by atoms with Gasteiger partial charge in [0.15, 0.2) is 0 Å². The van der Waals surface area contributed by atoms with E-state index in [0.717, 1.165) is 35.6 Å². The molecule has 2 nitrogen and oxygen atoms in total. The minimum absolute atomic E-state index is 0.773. The summed E-state index contributed by atoms with van der Waals surface area (Å²) in [6, 6.07) is 15.5. The van der Waals surface area contributed by atoms with Gasteiger partial charge in [0.25, 0.3) is 0 Å². The molecule has 0 N–H and O–H groups in total. The largest absolute Gasteiger partial charge is 0.494 e. The van der Waals surface area contributed by atoms with Crippen molar-refractivity contribution in [2.45, 2.75) is 26.2 Å². The molecule has 0 radical (unpaired) electrons. The maximum atomic E-state index is 5.69. The van der Waals surface area contributed by atoms with E-state index in [-0.39, 0.29) is 0 Å². The van der Waals surface area contributed by atoms with Gasteiger partial charge in [0, 0.05) is 11.1 Å². The predicted octanol–water partition coefficient (Wildman–Crippen LogP) is 5.39. The van der Waals surface area contributed by atoms with Crippen molar-refractivity contribution in [2.24, 2.45) is 4.99 Å². The first-order valence-corrected chi connectivity index (χ1v) is 8.15. The smallest absolute Gasteiger partial charge is 0.119 e. The topological polar surface area (TPSA) is 21.6 Å². The molecule has 23 heavy (non-hydrogen) atoms. The summed E-state index contributed by atoms with van der Waals surface area (Å²) in [5.74, 6) is 7.17. The first-order valence-electron chi connectivity index (χ1n) is 7.74. The summed E-state index contributed by atoms with van der Waals surface area (Å²) < 4.78 is 5.69. The summed E-state index contributed by atoms with van der Waals surface area (Å²) in [6.07, 6.45) is 3.51. The lowest BCUT2D eigenvalue weighted by molar-refractivity contribution is 0.306. The molecule has 0 unspecified atom stereocenters. The van der Waals surface area contributed by atoms with Crippen LogP contribution in [0.15, 0.2) is 53.5 Å². The van der Waals surface area contributed by atoms with Crippen molar-refractivity contribution in [2.75, 3.05) is 6.61 Å². The van der Waals surface area contributed by atoms with E-state index in [2.05, 4.69) is 41.1 Å². The molecule has 0 amide bonds. The number of aliphatic imine (C=N–C) groups is 1. The highest BCUT2D eigenvalue weighted by Crippen LogP contribution is 2.13. The standard InChI is InChI=1S/C20H19NOS/c1-2-3-4-15-22-20-13-9-18(10-14-20)6-5-17-7-11-19(12-8-17)21-16-23/h7-14H,2-4,15H2,1H3. The van der Waals surface area contributed by atoms with Crippen molar-refractivity contribution < 1.29 is 4.74 Å². The van der Waals surface area contributed by atoms with Crippen LogP contribution in [0.25, 0.3) is 0 Å². The van der Waals surface area contributed by atoms with E-state index in [4.69, 9.17) is 4.74 Å². The minimum atomic E-state index is 0.773. The fraction of sp³-hybridized carbons (Fsp3) is 0.250. The van der Waals surface area contributed by atoms with Crippen LogP contribution in [0.3, 0.4) is 0 Å². The van der Waals surface area contributed by atoms with E-state index in [1.54, 1.807) is 0 Å². The molecule has 0 heterocycles. The van der Waals surface area contributed by atoms with Crippen LogP contribution in [0, 0.1) is 11.8 Å². The third-order valence-electron chi connectivity index (χ3n) is 3.26. The second kappa shape index (κ2) is 9.58. The summed E-state index contributed by atoms with van der Waals surface area (Å²) in [6.45, 7) is 2.96. The molecule has 0 spiro atoms. The SMILES string of the molecule is CCCCCOc1ccc(C#Cc2ccc(N=C=S)cc2)cc1. The summed E-state index contributed by atoms with van der Waals surface area (Å²) in [5.41, 5.74) is 2.69. The zero-order chi connectivity index (χ0) is 16.3. The highest BCUT2D eigenvalue weighted by Gasteiger charge is 1.94. The fourth-order valence-corrected chi connectivity index (χ4v) is 2.10. The molecule has 0 aromatic heterocycles. The van der Waals surface area contributed by atoms with Crippen molar-refractivity contribution in [1.29, 1.82) is 0 Å². The lowest BCUT2D eigenvalue weighted by Crippen LogP contribution is -1.96. The Hall–Kier alpha value is -2.40. The Labute approximate surface area is 143 Å². The molecule has 116 valence electrons. The third kappa shape index (κ3) is 6.08. The number of hydrogen-bond donors (Lipinski definition) is 0. The molecule has 0 aliphatic rings. The van der Waals surface area contributed by atoms with Crippen molar-refractivity contribution in [3.8, 4) is 17.6 Å². The summed E-state index contributed by atoms with van der Waals surface area (Å²) in [7, 11) is 0. The van der Waals surface area contributed by atoms with E-state index >= 15 is 0 Å². The van der Waals surface area contributed by atoms with Gasteiger partial charge in [-0.3, -0.25) is 0 Å². The first kappa shape index (κ1) is 17.0. The van der Waals surface area contributed by atoms with Gasteiger partial charge >= 0.3 is 0 Å². The van der Waals surface area contributed by atoms with Crippen LogP contribution < -0.4 is 4.74 Å². The van der Waals surface area contributed by atoms with Gasteiger partial charge in [0.1, 0.15) is 5.75 Å². The van der Waals surface area contributed by atoms with Gasteiger partial charge in [-0.15, -0.1) is 0 Å². The Morgan fingerprint density at radius 1 is 0.913 bits per heavy atom. The molecule has 0 atom stereocenters.